The molecule has 0 N–H and O–H groups in total. The number of fused-ring (bicyclic) bond motifs is 1. The minimum Gasteiger partial charge on any atom is -0.408 e. The van der Waals surface area contributed by atoms with Crippen LogP contribution in [0.25, 0.3) is 11.1 Å². The van der Waals surface area contributed by atoms with E-state index in [9.17, 15) is 26.4 Å². The van der Waals surface area contributed by atoms with E-state index in [1.807, 2.05) is 0 Å². The maximum atomic E-state index is 13.5. The van der Waals surface area contributed by atoms with Crippen molar-refractivity contribution >= 4 is 26.8 Å². The van der Waals surface area contributed by atoms with Crippen molar-refractivity contribution in [3.8, 4) is 0 Å². The molecule has 10 heteroatoms. The number of sulfonamides is 1. The second-order valence-electron chi connectivity index (χ2n) is 7.48. The fourth-order valence-corrected chi connectivity index (χ4v) is 5.29. The van der Waals surface area contributed by atoms with Crippen molar-refractivity contribution in [2.45, 2.75) is 36.9 Å². The maximum Gasteiger partial charge on any atom is 0.419 e. The zero-order chi connectivity index (χ0) is 21.8. The van der Waals surface area contributed by atoms with Crippen LogP contribution in [0.4, 0.5) is 18.9 Å². The molecule has 1 heterocycles. The number of benzene rings is 2. The van der Waals surface area contributed by atoms with Gasteiger partial charge in [-0.1, -0.05) is 6.07 Å². The van der Waals surface area contributed by atoms with Crippen LogP contribution in [0, 0.1) is 5.92 Å². The molecule has 0 saturated heterocycles. The third-order valence-electron chi connectivity index (χ3n) is 5.42. The Morgan fingerprint density at radius 3 is 2.50 bits per heavy atom. The van der Waals surface area contributed by atoms with Crippen LogP contribution < -0.4 is 10.1 Å². The van der Waals surface area contributed by atoms with Gasteiger partial charge in [0.05, 0.1) is 21.7 Å². The summed E-state index contributed by atoms with van der Waals surface area (Å²) in [5, 5.41) is 0. The van der Waals surface area contributed by atoms with Crippen LogP contribution in [0.3, 0.4) is 0 Å². The molecule has 0 unspecified atom stereocenters. The predicted molar refractivity (Wildman–Crippen MR) is 105 cm³/mol. The Labute approximate surface area is 170 Å². The molecular weight excluding hydrogens is 421 g/mol. The molecule has 1 aromatic heterocycles. The lowest BCUT2D eigenvalue weighted by atomic mass is 10.1. The Morgan fingerprint density at radius 1 is 1.17 bits per heavy atom. The molecule has 6 nitrogen and oxygen atoms in total. The van der Waals surface area contributed by atoms with E-state index in [0.717, 1.165) is 29.3 Å². The molecule has 0 aliphatic heterocycles. The quantitative estimate of drug-likeness (QED) is 0.598. The molecule has 1 aliphatic carbocycles. The van der Waals surface area contributed by atoms with Crippen LogP contribution in [0.15, 0.2) is 56.6 Å². The summed E-state index contributed by atoms with van der Waals surface area (Å²) in [4.78, 5) is 11.6. The number of aromatic nitrogens is 1. The standard InChI is InChI=1S/C20H19F3N2O4S/c1-12(13-6-7-13)25(15-5-3-4-14(10-15)20(21,22)23)30(27,28)16-8-9-17-18(11-16)29-19(26)24(17)2/h3-5,8-13H,6-7H2,1-2H3/t12-/m0/s1. The molecule has 0 radical (unpaired) electrons. The summed E-state index contributed by atoms with van der Waals surface area (Å²) in [5.41, 5.74) is -0.474. The zero-order valence-electron chi connectivity index (χ0n) is 16.2. The molecule has 30 heavy (non-hydrogen) atoms. The van der Waals surface area contributed by atoms with Gasteiger partial charge in [-0.05, 0) is 56.0 Å². The van der Waals surface area contributed by atoms with Gasteiger partial charge in [-0.3, -0.25) is 8.87 Å². The van der Waals surface area contributed by atoms with Crippen LogP contribution >= 0.6 is 0 Å². The summed E-state index contributed by atoms with van der Waals surface area (Å²) >= 11 is 0. The van der Waals surface area contributed by atoms with Gasteiger partial charge in [-0.25, -0.2) is 13.2 Å². The lowest BCUT2D eigenvalue weighted by molar-refractivity contribution is -0.137. The molecule has 1 aliphatic rings. The van der Waals surface area contributed by atoms with E-state index >= 15 is 0 Å². The van der Waals surface area contributed by atoms with Crippen molar-refractivity contribution in [2.75, 3.05) is 4.31 Å². The van der Waals surface area contributed by atoms with Crippen molar-refractivity contribution in [1.29, 1.82) is 0 Å². The van der Waals surface area contributed by atoms with E-state index in [1.165, 1.54) is 41.9 Å². The van der Waals surface area contributed by atoms with Gasteiger partial charge in [0, 0.05) is 19.2 Å². The summed E-state index contributed by atoms with van der Waals surface area (Å²) < 4.78 is 74.1. The maximum absolute atomic E-state index is 13.5. The number of rotatable bonds is 5. The third kappa shape index (κ3) is 3.49. The van der Waals surface area contributed by atoms with E-state index in [4.69, 9.17) is 4.42 Å². The Balaban J connectivity index is 1.86. The average molecular weight is 440 g/mol. The van der Waals surface area contributed by atoms with Gasteiger partial charge in [0.15, 0.2) is 5.58 Å². The van der Waals surface area contributed by atoms with E-state index in [-0.39, 0.29) is 22.1 Å². The van der Waals surface area contributed by atoms with Crippen molar-refractivity contribution in [3.05, 3.63) is 58.6 Å². The highest BCUT2D eigenvalue weighted by atomic mass is 32.2. The first-order valence-corrected chi connectivity index (χ1v) is 10.8. The number of halogens is 3. The smallest absolute Gasteiger partial charge is 0.408 e. The monoisotopic (exact) mass is 440 g/mol. The second-order valence-corrected chi connectivity index (χ2v) is 9.30. The highest BCUT2D eigenvalue weighted by Gasteiger charge is 2.40. The van der Waals surface area contributed by atoms with E-state index < -0.39 is 33.6 Å². The number of aryl methyl sites for hydroxylation is 1. The largest absolute Gasteiger partial charge is 0.419 e. The molecule has 0 amide bonds. The topological polar surface area (TPSA) is 72.5 Å². The van der Waals surface area contributed by atoms with Gasteiger partial charge < -0.3 is 4.42 Å². The molecule has 1 fully saturated rings. The van der Waals surface area contributed by atoms with Crippen molar-refractivity contribution in [1.82, 2.24) is 4.57 Å². The molecule has 0 bridgehead atoms. The summed E-state index contributed by atoms with van der Waals surface area (Å²) in [6, 6.07) is 7.76. The Hall–Kier alpha value is -2.75. The SMILES string of the molecule is C[C@@H](C1CC1)N(c1cccc(C(F)(F)F)c1)S(=O)(=O)c1ccc2c(c1)oc(=O)n2C. The van der Waals surface area contributed by atoms with Crippen LogP contribution in [-0.4, -0.2) is 19.0 Å². The summed E-state index contributed by atoms with van der Waals surface area (Å²) in [7, 11) is -2.73. The Morgan fingerprint density at radius 2 is 1.87 bits per heavy atom. The number of hydrogen-bond acceptors (Lipinski definition) is 4. The predicted octanol–water partition coefficient (Wildman–Crippen LogP) is 4.14. The van der Waals surface area contributed by atoms with Gasteiger partial charge in [-0.15, -0.1) is 0 Å². The van der Waals surface area contributed by atoms with Gasteiger partial charge in [-0.2, -0.15) is 13.2 Å². The van der Waals surface area contributed by atoms with E-state index in [0.29, 0.717) is 5.52 Å². The Bertz CT molecular complexity index is 1270. The van der Waals surface area contributed by atoms with Gasteiger partial charge in [0.1, 0.15) is 0 Å². The lowest BCUT2D eigenvalue weighted by Gasteiger charge is -2.31. The van der Waals surface area contributed by atoms with Gasteiger partial charge >= 0.3 is 11.9 Å². The number of hydrogen-bond donors (Lipinski definition) is 0. The second kappa shape index (κ2) is 6.90. The number of alkyl halides is 3. The molecule has 1 atom stereocenters. The van der Waals surface area contributed by atoms with Crippen molar-refractivity contribution in [3.63, 3.8) is 0 Å². The van der Waals surface area contributed by atoms with E-state index in [2.05, 4.69) is 0 Å². The minimum atomic E-state index is -4.60. The first kappa shape index (κ1) is 20.5. The van der Waals surface area contributed by atoms with Crippen LogP contribution in [0.5, 0.6) is 0 Å². The molecule has 2 aromatic carbocycles. The molecular formula is C20H19F3N2O4S. The first-order chi connectivity index (χ1) is 14.0. The number of anilines is 1. The van der Waals surface area contributed by atoms with Crippen molar-refractivity contribution < 1.29 is 26.0 Å². The lowest BCUT2D eigenvalue weighted by Crippen LogP contribution is -2.40. The molecule has 0 spiro atoms. The summed E-state index contributed by atoms with van der Waals surface area (Å²) in [5.74, 6) is -0.576. The average Bonchev–Trinajstić information content (AvgIpc) is 3.48. The normalized spacial score (nSPS) is 16.0. The van der Waals surface area contributed by atoms with Crippen LogP contribution in [0.1, 0.15) is 25.3 Å². The number of oxazole rings is 1. The first-order valence-electron chi connectivity index (χ1n) is 9.31. The van der Waals surface area contributed by atoms with Gasteiger partial charge in [0.25, 0.3) is 10.0 Å². The van der Waals surface area contributed by atoms with Crippen LogP contribution in [0.2, 0.25) is 0 Å². The summed E-state index contributed by atoms with van der Waals surface area (Å²) in [6.45, 7) is 1.69. The third-order valence-corrected chi connectivity index (χ3v) is 7.33. The molecule has 160 valence electrons. The summed E-state index contributed by atoms with van der Waals surface area (Å²) in [6.07, 6.45) is -2.99. The fourth-order valence-electron chi connectivity index (χ4n) is 3.57. The molecule has 1 saturated carbocycles. The highest BCUT2D eigenvalue weighted by Crippen LogP contribution is 2.41. The van der Waals surface area contributed by atoms with Gasteiger partial charge in [0.2, 0.25) is 0 Å². The zero-order valence-corrected chi connectivity index (χ0v) is 17.0. The van der Waals surface area contributed by atoms with Crippen LogP contribution in [-0.2, 0) is 23.2 Å². The van der Waals surface area contributed by atoms with E-state index in [1.54, 1.807) is 6.92 Å². The molecule has 4 rings (SSSR count). The number of nitrogens with zero attached hydrogens (tertiary/aromatic N) is 2. The highest BCUT2D eigenvalue weighted by molar-refractivity contribution is 7.92. The van der Waals surface area contributed by atoms with Crippen molar-refractivity contribution in [2.24, 2.45) is 13.0 Å². The minimum absolute atomic E-state index is 0.0566. The Kier molecular flexibility index (Phi) is 4.72. The molecule has 3 aromatic rings. The fraction of sp³-hybridized carbons (Fsp3) is 0.350.